The van der Waals surface area contributed by atoms with Crippen LogP contribution in [0.4, 0.5) is 0 Å². The van der Waals surface area contributed by atoms with E-state index in [1.54, 1.807) is 0 Å². The van der Waals surface area contributed by atoms with Crippen LogP contribution in [0.5, 0.6) is 0 Å². The molecule has 0 fully saturated rings. The highest BCUT2D eigenvalue weighted by Crippen LogP contribution is 2.31. The second-order valence-corrected chi connectivity index (χ2v) is 5.41. The lowest BCUT2D eigenvalue weighted by Crippen LogP contribution is -1.95. The molecule has 0 saturated heterocycles. The molecule has 0 amide bonds. The Labute approximate surface area is 117 Å². The van der Waals surface area contributed by atoms with Crippen molar-refractivity contribution in [2.75, 3.05) is 0 Å². The summed E-state index contributed by atoms with van der Waals surface area (Å²) in [4.78, 5) is 4.74. The quantitative estimate of drug-likeness (QED) is 0.622. The average molecular weight is 271 g/mol. The molecule has 0 aliphatic heterocycles. The van der Waals surface area contributed by atoms with Crippen molar-refractivity contribution in [3.63, 3.8) is 0 Å². The summed E-state index contributed by atoms with van der Waals surface area (Å²) in [6.45, 7) is 4.05. The van der Waals surface area contributed by atoms with E-state index in [0.29, 0.717) is 0 Å². The van der Waals surface area contributed by atoms with Crippen LogP contribution in [0.15, 0.2) is 48.7 Å². The van der Waals surface area contributed by atoms with Gasteiger partial charge < -0.3 is 4.40 Å². The van der Waals surface area contributed by atoms with Gasteiger partial charge >= 0.3 is 0 Å². The zero-order valence-electron chi connectivity index (χ0n) is 11.0. The normalized spacial score (nSPS) is 12.8. The van der Waals surface area contributed by atoms with Crippen LogP contribution in [0.3, 0.4) is 0 Å². The number of rotatable bonds is 2. The van der Waals surface area contributed by atoms with Crippen LogP contribution in [0.25, 0.3) is 16.9 Å². The van der Waals surface area contributed by atoms with E-state index in [-0.39, 0.29) is 5.38 Å². The van der Waals surface area contributed by atoms with Gasteiger partial charge in [-0.3, -0.25) is 0 Å². The summed E-state index contributed by atoms with van der Waals surface area (Å²) in [5.74, 6) is 0. The Morgan fingerprint density at radius 3 is 2.58 bits per heavy atom. The maximum atomic E-state index is 6.36. The number of halogens is 1. The fourth-order valence-electron chi connectivity index (χ4n) is 2.35. The highest BCUT2D eigenvalue weighted by Gasteiger charge is 2.17. The first-order valence-corrected chi connectivity index (χ1v) is 6.78. The number of aromatic nitrogens is 2. The number of fused-ring (bicyclic) bond motifs is 1. The zero-order chi connectivity index (χ0) is 13.4. The lowest BCUT2D eigenvalue weighted by atomic mass is 10.1. The number of nitrogens with zero attached hydrogens (tertiary/aromatic N) is 2. The number of benzene rings is 1. The minimum Gasteiger partial charge on any atom is -0.302 e. The van der Waals surface area contributed by atoms with E-state index in [4.69, 9.17) is 16.6 Å². The molecule has 2 heterocycles. The molecule has 0 aliphatic rings. The molecular formula is C16H15ClN2. The number of hydrogen-bond donors (Lipinski definition) is 0. The summed E-state index contributed by atoms with van der Waals surface area (Å²) in [5, 5.41) is -0.0899. The third-order valence-corrected chi connectivity index (χ3v) is 3.45. The first-order chi connectivity index (χ1) is 9.16. The van der Waals surface area contributed by atoms with E-state index >= 15 is 0 Å². The van der Waals surface area contributed by atoms with Gasteiger partial charge in [-0.1, -0.05) is 30.3 Å². The molecule has 3 rings (SSSR count). The smallest absolute Gasteiger partial charge is 0.137 e. The lowest BCUT2D eigenvalue weighted by Gasteiger charge is -2.07. The van der Waals surface area contributed by atoms with Gasteiger partial charge in [-0.15, -0.1) is 11.6 Å². The molecule has 1 unspecified atom stereocenters. The number of pyridine rings is 1. The molecule has 2 nitrogen and oxygen atoms in total. The number of aryl methyl sites for hydroxylation is 1. The van der Waals surface area contributed by atoms with E-state index < -0.39 is 0 Å². The van der Waals surface area contributed by atoms with Gasteiger partial charge in [-0.25, -0.2) is 4.98 Å². The summed E-state index contributed by atoms with van der Waals surface area (Å²) < 4.78 is 2.08. The maximum Gasteiger partial charge on any atom is 0.137 e. The Morgan fingerprint density at radius 1 is 1.16 bits per heavy atom. The van der Waals surface area contributed by atoms with Gasteiger partial charge in [0.1, 0.15) is 5.65 Å². The van der Waals surface area contributed by atoms with Crippen molar-refractivity contribution in [1.82, 2.24) is 9.38 Å². The van der Waals surface area contributed by atoms with Crippen molar-refractivity contribution < 1.29 is 0 Å². The fraction of sp³-hybridized carbons (Fsp3) is 0.188. The predicted molar refractivity (Wildman–Crippen MR) is 79.6 cm³/mol. The second kappa shape index (κ2) is 4.71. The molecule has 96 valence electrons. The van der Waals surface area contributed by atoms with Crippen LogP contribution >= 0.6 is 11.6 Å². The van der Waals surface area contributed by atoms with Crippen LogP contribution in [-0.2, 0) is 0 Å². The Kier molecular flexibility index (Phi) is 3.03. The van der Waals surface area contributed by atoms with Crippen LogP contribution in [0.2, 0.25) is 0 Å². The van der Waals surface area contributed by atoms with Gasteiger partial charge in [0, 0.05) is 11.8 Å². The minimum atomic E-state index is -0.0899. The molecule has 3 aromatic rings. The van der Waals surface area contributed by atoms with Crippen LogP contribution in [-0.4, -0.2) is 9.38 Å². The third kappa shape index (κ3) is 2.13. The van der Waals surface area contributed by atoms with Crippen molar-refractivity contribution in [3.8, 4) is 11.3 Å². The SMILES string of the molecule is Cc1ccn2c(C(C)Cl)c(-c3ccccc3)nc2c1. The molecule has 2 aromatic heterocycles. The fourth-order valence-corrected chi connectivity index (χ4v) is 2.56. The van der Waals surface area contributed by atoms with Crippen LogP contribution < -0.4 is 0 Å². The monoisotopic (exact) mass is 270 g/mol. The zero-order valence-corrected chi connectivity index (χ0v) is 11.7. The summed E-state index contributed by atoms with van der Waals surface area (Å²) in [6.07, 6.45) is 2.04. The van der Waals surface area contributed by atoms with E-state index in [9.17, 15) is 0 Å². The average Bonchev–Trinajstić information content (AvgIpc) is 2.78. The Balaban J connectivity index is 2.32. The molecule has 0 saturated carbocycles. The van der Waals surface area contributed by atoms with Crippen molar-refractivity contribution in [1.29, 1.82) is 0 Å². The molecule has 0 bridgehead atoms. The van der Waals surface area contributed by atoms with E-state index in [1.807, 2.05) is 31.3 Å². The molecule has 0 N–H and O–H groups in total. The number of hydrogen-bond acceptors (Lipinski definition) is 1. The number of alkyl halides is 1. The predicted octanol–water partition coefficient (Wildman–Crippen LogP) is 4.61. The topological polar surface area (TPSA) is 17.3 Å². The molecule has 3 heteroatoms. The Bertz CT molecular complexity index is 714. The van der Waals surface area contributed by atoms with Crippen molar-refractivity contribution in [2.45, 2.75) is 19.2 Å². The van der Waals surface area contributed by atoms with Crippen LogP contribution in [0, 0.1) is 6.92 Å². The standard InChI is InChI=1S/C16H15ClN2/c1-11-8-9-19-14(10-11)18-15(16(19)12(2)17)13-6-4-3-5-7-13/h3-10,12H,1-2H3. The molecular weight excluding hydrogens is 256 g/mol. The van der Waals surface area contributed by atoms with E-state index in [1.165, 1.54) is 5.56 Å². The van der Waals surface area contributed by atoms with Gasteiger partial charge in [-0.2, -0.15) is 0 Å². The first kappa shape index (κ1) is 12.2. The Morgan fingerprint density at radius 2 is 1.89 bits per heavy atom. The van der Waals surface area contributed by atoms with Crippen LogP contribution in [0.1, 0.15) is 23.6 Å². The van der Waals surface area contributed by atoms with Crippen molar-refractivity contribution in [3.05, 3.63) is 59.9 Å². The van der Waals surface area contributed by atoms with Gasteiger partial charge in [0.15, 0.2) is 0 Å². The van der Waals surface area contributed by atoms with Crippen molar-refractivity contribution >= 4 is 17.2 Å². The van der Waals surface area contributed by atoms with Gasteiger partial charge in [0.05, 0.1) is 16.8 Å². The molecule has 1 aromatic carbocycles. The molecule has 0 radical (unpaired) electrons. The van der Waals surface area contributed by atoms with Gasteiger partial charge in [0.2, 0.25) is 0 Å². The molecule has 1 atom stereocenters. The second-order valence-electron chi connectivity index (χ2n) is 4.76. The summed E-state index contributed by atoms with van der Waals surface area (Å²) in [7, 11) is 0. The maximum absolute atomic E-state index is 6.36. The third-order valence-electron chi connectivity index (χ3n) is 3.24. The molecule has 0 aliphatic carbocycles. The molecule has 0 spiro atoms. The first-order valence-electron chi connectivity index (χ1n) is 6.35. The lowest BCUT2D eigenvalue weighted by molar-refractivity contribution is 0.963. The highest BCUT2D eigenvalue weighted by atomic mass is 35.5. The van der Waals surface area contributed by atoms with Crippen molar-refractivity contribution in [2.24, 2.45) is 0 Å². The van der Waals surface area contributed by atoms with Gasteiger partial charge in [0.25, 0.3) is 0 Å². The summed E-state index contributed by atoms with van der Waals surface area (Å²) in [5.41, 5.74) is 5.26. The number of imidazole rings is 1. The van der Waals surface area contributed by atoms with E-state index in [2.05, 4.69) is 35.6 Å². The van der Waals surface area contributed by atoms with Gasteiger partial charge in [-0.05, 0) is 31.5 Å². The summed E-state index contributed by atoms with van der Waals surface area (Å²) >= 11 is 6.36. The largest absolute Gasteiger partial charge is 0.302 e. The highest BCUT2D eigenvalue weighted by molar-refractivity contribution is 6.20. The molecule has 19 heavy (non-hydrogen) atoms. The Hall–Kier alpha value is -1.80. The summed E-state index contributed by atoms with van der Waals surface area (Å²) in [6, 6.07) is 14.3. The minimum absolute atomic E-state index is 0.0899. The van der Waals surface area contributed by atoms with E-state index in [0.717, 1.165) is 22.6 Å².